The zero-order valence-electron chi connectivity index (χ0n) is 11.1. The molecule has 19 heavy (non-hydrogen) atoms. The zero-order chi connectivity index (χ0) is 13.8. The number of Topliss-reactive ketones (excluding diaryl/α,β-unsaturated/α-hetero) is 1. The molecule has 1 atom stereocenters. The standard InChI is InChI=1S/C14H17NO4/c1-10(16)11-3-5-12(6-4-11)15-7-8-19-9-13(15)14(17)18-2/h3-6,13H,7-9H2,1-2H3. The number of benzene rings is 1. The first-order valence-corrected chi connectivity index (χ1v) is 6.16. The number of carbonyl (C=O) groups is 2. The summed E-state index contributed by atoms with van der Waals surface area (Å²) in [6.07, 6.45) is 0. The predicted octanol–water partition coefficient (Wildman–Crippen LogP) is 1.27. The van der Waals surface area contributed by atoms with Gasteiger partial charge in [0.2, 0.25) is 0 Å². The van der Waals surface area contributed by atoms with Crippen LogP contribution in [-0.2, 0) is 14.3 Å². The largest absolute Gasteiger partial charge is 0.467 e. The summed E-state index contributed by atoms with van der Waals surface area (Å²) in [5, 5.41) is 0. The van der Waals surface area contributed by atoms with E-state index in [9.17, 15) is 9.59 Å². The summed E-state index contributed by atoms with van der Waals surface area (Å²) < 4.78 is 10.1. The molecule has 1 heterocycles. The van der Waals surface area contributed by atoms with Gasteiger partial charge in [-0.3, -0.25) is 4.79 Å². The summed E-state index contributed by atoms with van der Waals surface area (Å²) in [6.45, 7) is 3.04. The number of rotatable bonds is 3. The molecule has 1 aliphatic rings. The van der Waals surface area contributed by atoms with E-state index in [0.29, 0.717) is 25.3 Å². The number of ether oxygens (including phenoxy) is 2. The maximum absolute atomic E-state index is 11.7. The van der Waals surface area contributed by atoms with Gasteiger partial charge in [-0.25, -0.2) is 4.79 Å². The van der Waals surface area contributed by atoms with E-state index in [4.69, 9.17) is 9.47 Å². The summed E-state index contributed by atoms with van der Waals surface area (Å²) in [4.78, 5) is 24.9. The van der Waals surface area contributed by atoms with Gasteiger partial charge >= 0.3 is 5.97 Å². The molecule has 5 nitrogen and oxygen atoms in total. The smallest absolute Gasteiger partial charge is 0.330 e. The van der Waals surface area contributed by atoms with Crippen molar-refractivity contribution in [3.05, 3.63) is 29.8 Å². The number of ketones is 1. The normalized spacial score (nSPS) is 19.1. The summed E-state index contributed by atoms with van der Waals surface area (Å²) in [5.41, 5.74) is 1.55. The fourth-order valence-electron chi connectivity index (χ4n) is 2.13. The number of esters is 1. The Morgan fingerprint density at radius 2 is 2.00 bits per heavy atom. The minimum Gasteiger partial charge on any atom is -0.467 e. The highest BCUT2D eigenvalue weighted by Gasteiger charge is 2.30. The lowest BCUT2D eigenvalue weighted by atomic mass is 10.1. The topological polar surface area (TPSA) is 55.8 Å². The Morgan fingerprint density at radius 3 is 2.58 bits per heavy atom. The van der Waals surface area contributed by atoms with Crippen molar-refractivity contribution in [3.63, 3.8) is 0 Å². The molecule has 5 heteroatoms. The van der Waals surface area contributed by atoms with Crippen LogP contribution in [0.15, 0.2) is 24.3 Å². The van der Waals surface area contributed by atoms with Gasteiger partial charge in [-0.15, -0.1) is 0 Å². The summed E-state index contributed by atoms with van der Waals surface area (Å²) in [6, 6.07) is 6.79. The summed E-state index contributed by atoms with van der Waals surface area (Å²) >= 11 is 0. The molecule has 2 rings (SSSR count). The lowest BCUT2D eigenvalue weighted by Gasteiger charge is -2.35. The Hall–Kier alpha value is -1.88. The average molecular weight is 263 g/mol. The van der Waals surface area contributed by atoms with Crippen LogP contribution in [0.25, 0.3) is 0 Å². The molecule has 0 saturated carbocycles. The van der Waals surface area contributed by atoms with Crippen molar-refractivity contribution < 1.29 is 19.1 Å². The van der Waals surface area contributed by atoms with E-state index in [-0.39, 0.29) is 11.8 Å². The van der Waals surface area contributed by atoms with Gasteiger partial charge in [0.15, 0.2) is 11.8 Å². The average Bonchev–Trinajstić information content (AvgIpc) is 2.46. The van der Waals surface area contributed by atoms with Crippen molar-refractivity contribution in [1.82, 2.24) is 0 Å². The molecular weight excluding hydrogens is 246 g/mol. The monoisotopic (exact) mass is 263 g/mol. The summed E-state index contributed by atoms with van der Waals surface area (Å²) in [7, 11) is 1.37. The van der Waals surface area contributed by atoms with E-state index in [1.54, 1.807) is 12.1 Å². The third kappa shape index (κ3) is 2.93. The molecule has 1 aliphatic heterocycles. The van der Waals surface area contributed by atoms with E-state index in [1.165, 1.54) is 14.0 Å². The SMILES string of the molecule is COC(=O)C1COCCN1c1ccc(C(C)=O)cc1. The van der Waals surface area contributed by atoms with Gasteiger partial charge in [-0.2, -0.15) is 0 Å². The molecule has 0 bridgehead atoms. The van der Waals surface area contributed by atoms with Crippen molar-refractivity contribution in [2.24, 2.45) is 0 Å². The first kappa shape index (κ1) is 13.5. The number of methoxy groups -OCH3 is 1. The number of carbonyl (C=O) groups excluding carboxylic acids is 2. The number of hydrogen-bond donors (Lipinski definition) is 0. The van der Waals surface area contributed by atoms with E-state index in [2.05, 4.69) is 0 Å². The van der Waals surface area contributed by atoms with Crippen molar-refractivity contribution in [3.8, 4) is 0 Å². The van der Waals surface area contributed by atoms with Crippen LogP contribution in [0.5, 0.6) is 0 Å². The second-order valence-corrected chi connectivity index (χ2v) is 4.41. The van der Waals surface area contributed by atoms with Gasteiger partial charge in [-0.05, 0) is 31.2 Å². The lowest BCUT2D eigenvalue weighted by molar-refractivity contribution is -0.144. The molecule has 1 unspecified atom stereocenters. The molecule has 1 fully saturated rings. The van der Waals surface area contributed by atoms with Crippen molar-refractivity contribution in [2.45, 2.75) is 13.0 Å². The molecule has 0 aliphatic carbocycles. The first-order valence-electron chi connectivity index (χ1n) is 6.16. The number of anilines is 1. The third-order valence-electron chi connectivity index (χ3n) is 3.21. The van der Waals surface area contributed by atoms with E-state index < -0.39 is 6.04 Å². The molecule has 0 N–H and O–H groups in total. The van der Waals surface area contributed by atoms with Crippen LogP contribution in [-0.4, -0.2) is 44.7 Å². The lowest BCUT2D eigenvalue weighted by Crippen LogP contribution is -2.50. The Bertz CT molecular complexity index is 469. The fraction of sp³-hybridized carbons (Fsp3) is 0.429. The van der Waals surface area contributed by atoms with Gasteiger partial charge < -0.3 is 14.4 Å². The highest BCUT2D eigenvalue weighted by Crippen LogP contribution is 2.21. The van der Waals surface area contributed by atoms with Gasteiger partial charge in [0.1, 0.15) is 0 Å². The number of nitrogens with zero attached hydrogens (tertiary/aromatic N) is 1. The maximum atomic E-state index is 11.7. The first-order chi connectivity index (χ1) is 9.13. The van der Waals surface area contributed by atoms with E-state index in [0.717, 1.165) is 5.69 Å². The van der Waals surface area contributed by atoms with Gasteiger partial charge in [-0.1, -0.05) is 0 Å². The molecule has 0 radical (unpaired) electrons. The molecule has 1 aromatic carbocycles. The summed E-state index contributed by atoms with van der Waals surface area (Å²) in [5.74, 6) is -0.284. The zero-order valence-corrected chi connectivity index (χ0v) is 11.1. The number of hydrogen-bond acceptors (Lipinski definition) is 5. The second kappa shape index (κ2) is 5.84. The third-order valence-corrected chi connectivity index (χ3v) is 3.21. The minimum absolute atomic E-state index is 0.0260. The quantitative estimate of drug-likeness (QED) is 0.607. The van der Waals surface area contributed by atoms with Crippen LogP contribution >= 0.6 is 0 Å². The molecular formula is C14H17NO4. The molecule has 0 amide bonds. The molecule has 0 aromatic heterocycles. The van der Waals surface area contributed by atoms with Crippen LogP contribution in [0, 0.1) is 0 Å². The van der Waals surface area contributed by atoms with Crippen LogP contribution < -0.4 is 4.90 Å². The molecule has 0 spiro atoms. The Labute approximate surface area is 112 Å². The fourth-order valence-corrected chi connectivity index (χ4v) is 2.13. The Balaban J connectivity index is 2.22. The Kier molecular flexibility index (Phi) is 4.16. The highest BCUT2D eigenvalue weighted by molar-refractivity contribution is 5.94. The van der Waals surface area contributed by atoms with Crippen LogP contribution in [0.4, 0.5) is 5.69 Å². The molecule has 1 aromatic rings. The number of morpholine rings is 1. The van der Waals surface area contributed by atoms with Crippen LogP contribution in [0.1, 0.15) is 17.3 Å². The second-order valence-electron chi connectivity index (χ2n) is 4.41. The van der Waals surface area contributed by atoms with Crippen molar-refractivity contribution >= 4 is 17.4 Å². The van der Waals surface area contributed by atoms with Crippen molar-refractivity contribution in [1.29, 1.82) is 0 Å². The van der Waals surface area contributed by atoms with Crippen LogP contribution in [0.2, 0.25) is 0 Å². The minimum atomic E-state index is -0.429. The van der Waals surface area contributed by atoms with Gasteiger partial charge in [0.25, 0.3) is 0 Å². The molecule has 1 saturated heterocycles. The van der Waals surface area contributed by atoms with Crippen LogP contribution in [0.3, 0.4) is 0 Å². The predicted molar refractivity (Wildman–Crippen MR) is 70.4 cm³/mol. The maximum Gasteiger partial charge on any atom is 0.330 e. The van der Waals surface area contributed by atoms with E-state index >= 15 is 0 Å². The van der Waals surface area contributed by atoms with E-state index in [1.807, 2.05) is 17.0 Å². The highest BCUT2D eigenvalue weighted by atomic mass is 16.5. The van der Waals surface area contributed by atoms with Gasteiger partial charge in [0.05, 0.1) is 20.3 Å². The molecule has 102 valence electrons. The Morgan fingerprint density at radius 1 is 1.32 bits per heavy atom. The van der Waals surface area contributed by atoms with Gasteiger partial charge in [0, 0.05) is 17.8 Å². The van der Waals surface area contributed by atoms with Crippen molar-refractivity contribution in [2.75, 3.05) is 31.8 Å².